The summed E-state index contributed by atoms with van der Waals surface area (Å²) in [5.41, 5.74) is 1.49. The fraction of sp³-hybridized carbons (Fsp3) is 0.652. The van der Waals surface area contributed by atoms with Gasteiger partial charge in [0.25, 0.3) is 0 Å². The van der Waals surface area contributed by atoms with Gasteiger partial charge in [0.2, 0.25) is 0 Å². The van der Waals surface area contributed by atoms with E-state index in [0.29, 0.717) is 6.33 Å². The van der Waals surface area contributed by atoms with Gasteiger partial charge in [0.05, 0.1) is 13.4 Å². The highest BCUT2D eigenvalue weighted by molar-refractivity contribution is 5.29. The van der Waals surface area contributed by atoms with Gasteiger partial charge in [-0.1, -0.05) is 31.1 Å². The summed E-state index contributed by atoms with van der Waals surface area (Å²) in [7, 11) is 1.73. The first kappa shape index (κ1) is 18.5. The molecule has 1 aromatic rings. The van der Waals surface area contributed by atoms with E-state index in [-0.39, 0.29) is 0 Å². The van der Waals surface area contributed by atoms with E-state index in [2.05, 4.69) is 24.3 Å². The lowest BCUT2D eigenvalue weighted by molar-refractivity contribution is 0.157. The maximum absolute atomic E-state index is 12.1. The molecular formula is C23H33FO. The third-order valence-electron chi connectivity index (χ3n) is 6.75. The number of hydrogen-bond acceptors (Lipinski definition) is 1. The second-order valence-electron chi connectivity index (χ2n) is 8.10. The molecule has 0 heterocycles. The molecule has 138 valence electrons. The maximum atomic E-state index is 12.1. The van der Waals surface area contributed by atoms with Gasteiger partial charge in [-0.3, -0.25) is 0 Å². The molecule has 1 aromatic carbocycles. The van der Waals surface area contributed by atoms with Gasteiger partial charge < -0.3 is 4.74 Å². The first-order chi connectivity index (χ1) is 12.3. The van der Waals surface area contributed by atoms with E-state index in [4.69, 9.17) is 4.74 Å². The van der Waals surface area contributed by atoms with Crippen LogP contribution < -0.4 is 4.74 Å². The molecule has 2 heteroatoms. The SMILES string of the molecule is COc1ccc(C2CCC([C@H]3CC[C@H](CC/C=C/F)CC3)CC2)cc1. The Morgan fingerprint density at radius 2 is 1.52 bits per heavy atom. The zero-order valence-electron chi connectivity index (χ0n) is 15.6. The highest BCUT2D eigenvalue weighted by Crippen LogP contribution is 2.44. The number of rotatable bonds is 6. The van der Waals surface area contributed by atoms with Crippen LogP contribution in [0.1, 0.15) is 75.7 Å². The van der Waals surface area contributed by atoms with Crippen molar-refractivity contribution >= 4 is 0 Å². The van der Waals surface area contributed by atoms with Crippen LogP contribution in [-0.4, -0.2) is 7.11 Å². The Balaban J connectivity index is 1.42. The third kappa shape index (κ3) is 5.09. The van der Waals surface area contributed by atoms with Gasteiger partial charge in [0.1, 0.15) is 5.75 Å². The molecule has 0 atom stereocenters. The largest absolute Gasteiger partial charge is 0.497 e. The van der Waals surface area contributed by atoms with Gasteiger partial charge in [0.15, 0.2) is 0 Å². The van der Waals surface area contributed by atoms with E-state index in [1.807, 2.05) is 0 Å². The Morgan fingerprint density at radius 1 is 0.920 bits per heavy atom. The van der Waals surface area contributed by atoms with Gasteiger partial charge in [-0.2, -0.15) is 0 Å². The fourth-order valence-electron chi connectivity index (χ4n) is 5.14. The Bertz CT molecular complexity index is 520. The molecule has 3 rings (SSSR count). The topological polar surface area (TPSA) is 9.23 Å². The van der Waals surface area contributed by atoms with Crippen molar-refractivity contribution in [2.24, 2.45) is 17.8 Å². The highest BCUT2D eigenvalue weighted by atomic mass is 19.1. The zero-order chi connectivity index (χ0) is 17.5. The number of halogens is 1. The van der Waals surface area contributed by atoms with Crippen LogP contribution in [0, 0.1) is 17.8 Å². The molecule has 25 heavy (non-hydrogen) atoms. The molecule has 0 spiro atoms. The average molecular weight is 345 g/mol. The lowest BCUT2D eigenvalue weighted by Crippen LogP contribution is -2.25. The van der Waals surface area contributed by atoms with Crippen LogP contribution in [0.2, 0.25) is 0 Å². The standard InChI is InChI=1S/C23H33FO/c1-25-23-15-13-22(14-16-23)21-11-9-20(10-12-21)19-7-5-18(6-8-19)4-2-3-17-24/h3,13-21H,2,4-12H2,1H3/b17-3+/t18-,19-,20?,21?. The maximum Gasteiger partial charge on any atom is 0.118 e. The molecule has 0 saturated heterocycles. The molecule has 1 nitrogen and oxygen atoms in total. The highest BCUT2D eigenvalue weighted by Gasteiger charge is 2.31. The quantitative estimate of drug-likeness (QED) is 0.538. The van der Waals surface area contributed by atoms with Crippen molar-refractivity contribution in [2.75, 3.05) is 7.11 Å². The van der Waals surface area contributed by atoms with Crippen LogP contribution in [0.25, 0.3) is 0 Å². The second-order valence-corrected chi connectivity index (χ2v) is 8.10. The minimum absolute atomic E-state index is 0.701. The van der Waals surface area contributed by atoms with Gasteiger partial charge in [-0.05, 0) is 92.7 Å². The summed E-state index contributed by atoms with van der Waals surface area (Å²) in [5, 5.41) is 0. The Labute approximate surface area is 152 Å². The smallest absolute Gasteiger partial charge is 0.118 e. The first-order valence-electron chi connectivity index (χ1n) is 10.2. The first-order valence-corrected chi connectivity index (χ1v) is 10.2. The molecule has 0 amide bonds. The van der Waals surface area contributed by atoms with Gasteiger partial charge in [0, 0.05) is 0 Å². The fourth-order valence-corrected chi connectivity index (χ4v) is 5.14. The van der Waals surface area contributed by atoms with E-state index < -0.39 is 0 Å². The van der Waals surface area contributed by atoms with E-state index in [0.717, 1.165) is 35.8 Å². The molecule has 0 radical (unpaired) electrons. The molecule has 0 aromatic heterocycles. The van der Waals surface area contributed by atoms with Crippen molar-refractivity contribution in [1.29, 1.82) is 0 Å². The van der Waals surface area contributed by atoms with Gasteiger partial charge >= 0.3 is 0 Å². The molecule has 0 aliphatic heterocycles. The Hall–Kier alpha value is -1.31. The third-order valence-corrected chi connectivity index (χ3v) is 6.75. The Kier molecular flexibility index (Phi) is 6.95. The summed E-state index contributed by atoms with van der Waals surface area (Å²) < 4.78 is 17.3. The van der Waals surface area contributed by atoms with Crippen LogP contribution in [0.15, 0.2) is 36.7 Å². The average Bonchev–Trinajstić information content (AvgIpc) is 2.69. The van der Waals surface area contributed by atoms with Gasteiger partial charge in [-0.15, -0.1) is 0 Å². The van der Waals surface area contributed by atoms with E-state index >= 15 is 0 Å². The predicted molar refractivity (Wildman–Crippen MR) is 103 cm³/mol. The van der Waals surface area contributed by atoms with Crippen LogP contribution in [0.3, 0.4) is 0 Å². The molecule has 2 aliphatic carbocycles. The minimum atomic E-state index is 0.701. The number of allylic oxidation sites excluding steroid dienone is 1. The van der Waals surface area contributed by atoms with Crippen LogP contribution in [0.5, 0.6) is 5.75 Å². The van der Waals surface area contributed by atoms with E-state index in [1.54, 1.807) is 13.2 Å². The molecule has 0 N–H and O–H groups in total. The van der Waals surface area contributed by atoms with E-state index in [1.165, 1.54) is 63.4 Å². The molecule has 2 saturated carbocycles. The van der Waals surface area contributed by atoms with Crippen molar-refractivity contribution in [2.45, 2.75) is 70.1 Å². The van der Waals surface area contributed by atoms with Crippen LogP contribution in [0.4, 0.5) is 4.39 Å². The lowest BCUT2D eigenvalue weighted by atomic mass is 9.68. The number of methoxy groups -OCH3 is 1. The molecule has 0 unspecified atom stereocenters. The van der Waals surface area contributed by atoms with Crippen molar-refractivity contribution in [3.05, 3.63) is 42.2 Å². The summed E-state index contributed by atoms with van der Waals surface area (Å²) in [6.07, 6.45) is 15.5. The molecular weight excluding hydrogens is 311 g/mol. The van der Waals surface area contributed by atoms with E-state index in [9.17, 15) is 4.39 Å². The monoisotopic (exact) mass is 344 g/mol. The summed E-state index contributed by atoms with van der Waals surface area (Å²) in [6, 6.07) is 8.70. The summed E-state index contributed by atoms with van der Waals surface area (Å²) in [4.78, 5) is 0. The second kappa shape index (κ2) is 9.40. The number of benzene rings is 1. The minimum Gasteiger partial charge on any atom is -0.497 e. The molecule has 2 aliphatic rings. The van der Waals surface area contributed by atoms with Crippen molar-refractivity contribution in [1.82, 2.24) is 0 Å². The molecule has 0 bridgehead atoms. The Morgan fingerprint density at radius 3 is 2.08 bits per heavy atom. The zero-order valence-corrected chi connectivity index (χ0v) is 15.6. The van der Waals surface area contributed by atoms with Crippen LogP contribution >= 0.6 is 0 Å². The van der Waals surface area contributed by atoms with Gasteiger partial charge in [-0.25, -0.2) is 4.39 Å². The summed E-state index contributed by atoms with van der Waals surface area (Å²) in [6.45, 7) is 0. The summed E-state index contributed by atoms with van der Waals surface area (Å²) in [5.74, 6) is 4.43. The van der Waals surface area contributed by atoms with Crippen molar-refractivity contribution < 1.29 is 9.13 Å². The molecule has 2 fully saturated rings. The normalized spacial score (nSPS) is 30.5. The number of ether oxygens (including phenoxy) is 1. The lowest BCUT2D eigenvalue weighted by Gasteiger charge is -2.38. The summed E-state index contributed by atoms with van der Waals surface area (Å²) >= 11 is 0. The predicted octanol–water partition coefficient (Wildman–Crippen LogP) is 7.04. The number of hydrogen-bond donors (Lipinski definition) is 0. The van der Waals surface area contributed by atoms with Crippen molar-refractivity contribution in [3.8, 4) is 5.75 Å². The van der Waals surface area contributed by atoms with Crippen molar-refractivity contribution in [3.63, 3.8) is 0 Å². The van der Waals surface area contributed by atoms with Crippen LogP contribution in [-0.2, 0) is 0 Å².